The molecule has 0 saturated carbocycles. The third-order valence-electron chi connectivity index (χ3n) is 2.37. The van der Waals surface area contributed by atoms with Gasteiger partial charge in [0.15, 0.2) is 0 Å². The highest BCUT2D eigenvalue weighted by molar-refractivity contribution is 5.92. The molecule has 0 bridgehead atoms. The molecular formula is C12H13NO2. The van der Waals surface area contributed by atoms with Crippen molar-refractivity contribution in [2.45, 2.75) is 0 Å². The molecule has 0 amide bonds. The fourth-order valence-corrected chi connectivity index (χ4v) is 1.62. The highest BCUT2D eigenvalue weighted by Gasteiger charge is 2.04. The molecule has 2 aromatic carbocycles. The number of ether oxygens (including phenoxy) is 2. The fourth-order valence-electron chi connectivity index (χ4n) is 1.62. The first kappa shape index (κ1) is 9.65. The molecule has 0 fully saturated rings. The molecule has 0 spiro atoms. The monoisotopic (exact) mass is 203 g/mol. The second-order valence-corrected chi connectivity index (χ2v) is 3.31. The molecule has 0 heterocycles. The van der Waals surface area contributed by atoms with E-state index in [2.05, 4.69) is 0 Å². The van der Waals surface area contributed by atoms with Crippen LogP contribution in [-0.4, -0.2) is 14.2 Å². The molecule has 0 atom stereocenters. The van der Waals surface area contributed by atoms with Crippen molar-refractivity contribution >= 4 is 16.5 Å². The van der Waals surface area contributed by atoms with Gasteiger partial charge in [-0.2, -0.15) is 0 Å². The van der Waals surface area contributed by atoms with Gasteiger partial charge in [-0.05, 0) is 23.6 Å². The van der Waals surface area contributed by atoms with Crippen molar-refractivity contribution < 1.29 is 9.47 Å². The second kappa shape index (κ2) is 3.69. The van der Waals surface area contributed by atoms with Crippen LogP contribution in [-0.2, 0) is 0 Å². The van der Waals surface area contributed by atoms with E-state index in [4.69, 9.17) is 15.2 Å². The summed E-state index contributed by atoms with van der Waals surface area (Å²) < 4.78 is 10.4. The molecule has 2 aromatic rings. The van der Waals surface area contributed by atoms with E-state index in [9.17, 15) is 0 Å². The quantitative estimate of drug-likeness (QED) is 0.762. The predicted octanol–water partition coefficient (Wildman–Crippen LogP) is 2.44. The number of hydrogen-bond donors (Lipinski definition) is 1. The summed E-state index contributed by atoms with van der Waals surface area (Å²) in [6.45, 7) is 0. The lowest BCUT2D eigenvalue weighted by molar-refractivity contribution is 0.412. The maximum atomic E-state index is 5.76. The van der Waals surface area contributed by atoms with Crippen molar-refractivity contribution in [2.75, 3.05) is 20.0 Å². The third-order valence-corrected chi connectivity index (χ3v) is 2.37. The molecule has 0 unspecified atom stereocenters. The van der Waals surface area contributed by atoms with E-state index in [1.54, 1.807) is 14.2 Å². The first-order valence-corrected chi connectivity index (χ1v) is 4.66. The number of benzene rings is 2. The lowest BCUT2D eigenvalue weighted by atomic mass is 10.1. The maximum absolute atomic E-state index is 5.76. The van der Waals surface area contributed by atoms with E-state index in [1.807, 2.05) is 30.3 Å². The van der Waals surface area contributed by atoms with Crippen LogP contribution in [0.4, 0.5) is 5.69 Å². The second-order valence-electron chi connectivity index (χ2n) is 3.31. The summed E-state index contributed by atoms with van der Waals surface area (Å²) in [6, 6.07) is 9.53. The molecule has 0 saturated heterocycles. The zero-order valence-corrected chi connectivity index (χ0v) is 8.78. The van der Waals surface area contributed by atoms with Crippen LogP contribution in [0.15, 0.2) is 30.3 Å². The predicted molar refractivity (Wildman–Crippen MR) is 61.5 cm³/mol. The summed E-state index contributed by atoms with van der Waals surface area (Å²) in [5.74, 6) is 1.58. The molecule has 3 nitrogen and oxygen atoms in total. The van der Waals surface area contributed by atoms with Crippen molar-refractivity contribution in [3.05, 3.63) is 30.3 Å². The molecule has 0 radical (unpaired) electrons. The standard InChI is InChI=1S/C12H13NO2/c1-14-10-4-3-8-5-9(13)6-12(15-2)11(8)7-10/h3-7H,13H2,1-2H3. The Morgan fingerprint density at radius 1 is 1.00 bits per heavy atom. The van der Waals surface area contributed by atoms with E-state index >= 15 is 0 Å². The van der Waals surface area contributed by atoms with Gasteiger partial charge in [-0.3, -0.25) is 0 Å². The van der Waals surface area contributed by atoms with E-state index in [0.717, 1.165) is 22.3 Å². The van der Waals surface area contributed by atoms with Gasteiger partial charge >= 0.3 is 0 Å². The van der Waals surface area contributed by atoms with Crippen molar-refractivity contribution in [2.24, 2.45) is 0 Å². The molecule has 0 aliphatic heterocycles. The average Bonchev–Trinajstić information content (AvgIpc) is 2.27. The Balaban J connectivity index is 2.73. The topological polar surface area (TPSA) is 44.5 Å². The SMILES string of the molecule is COc1ccc2cc(N)cc(OC)c2c1. The fraction of sp³-hybridized carbons (Fsp3) is 0.167. The molecule has 78 valence electrons. The summed E-state index contributed by atoms with van der Waals surface area (Å²) in [5, 5.41) is 2.05. The van der Waals surface area contributed by atoms with Gasteiger partial charge in [-0.25, -0.2) is 0 Å². The number of anilines is 1. The average molecular weight is 203 g/mol. The van der Waals surface area contributed by atoms with E-state index < -0.39 is 0 Å². The molecule has 0 aliphatic rings. The maximum Gasteiger partial charge on any atom is 0.128 e. The van der Waals surface area contributed by atoms with Gasteiger partial charge in [0, 0.05) is 17.1 Å². The molecule has 0 aliphatic carbocycles. The van der Waals surface area contributed by atoms with E-state index in [-0.39, 0.29) is 0 Å². The van der Waals surface area contributed by atoms with Gasteiger partial charge in [-0.1, -0.05) is 6.07 Å². The minimum absolute atomic E-state index is 0.699. The Hall–Kier alpha value is -1.90. The van der Waals surface area contributed by atoms with Gasteiger partial charge in [-0.15, -0.1) is 0 Å². The Morgan fingerprint density at radius 3 is 2.47 bits per heavy atom. The van der Waals surface area contributed by atoms with Crippen molar-refractivity contribution in [3.63, 3.8) is 0 Å². The minimum atomic E-state index is 0.699. The van der Waals surface area contributed by atoms with Gasteiger partial charge < -0.3 is 15.2 Å². The van der Waals surface area contributed by atoms with Crippen molar-refractivity contribution in [1.29, 1.82) is 0 Å². The first-order valence-electron chi connectivity index (χ1n) is 4.66. The first-order chi connectivity index (χ1) is 7.24. The molecule has 0 aromatic heterocycles. The molecule has 2 rings (SSSR count). The number of rotatable bonds is 2. The van der Waals surface area contributed by atoms with Gasteiger partial charge in [0.2, 0.25) is 0 Å². The van der Waals surface area contributed by atoms with Crippen LogP contribution in [0.5, 0.6) is 11.5 Å². The molecule has 2 N–H and O–H groups in total. The van der Waals surface area contributed by atoms with Crippen LogP contribution in [0.1, 0.15) is 0 Å². The van der Waals surface area contributed by atoms with E-state index in [1.165, 1.54) is 0 Å². The zero-order valence-electron chi connectivity index (χ0n) is 8.78. The van der Waals surface area contributed by atoms with Crippen LogP contribution in [0.3, 0.4) is 0 Å². The van der Waals surface area contributed by atoms with Crippen molar-refractivity contribution in [3.8, 4) is 11.5 Å². The van der Waals surface area contributed by atoms with Crippen molar-refractivity contribution in [1.82, 2.24) is 0 Å². The Morgan fingerprint density at radius 2 is 1.80 bits per heavy atom. The third kappa shape index (κ3) is 1.68. The largest absolute Gasteiger partial charge is 0.497 e. The Bertz CT molecular complexity index is 494. The number of hydrogen-bond acceptors (Lipinski definition) is 3. The lowest BCUT2D eigenvalue weighted by Gasteiger charge is -2.08. The molecule has 15 heavy (non-hydrogen) atoms. The Kier molecular flexibility index (Phi) is 2.37. The van der Waals surface area contributed by atoms with Crippen LogP contribution in [0.25, 0.3) is 10.8 Å². The normalized spacial score (nSPS) is 10.3. The Labute approximate surface area is 88.4 Å². The lowest BCUT2D eigenvalue weighted by Crippen LogP contribution is -1.90. The highest BCUT2D eigenvalue weighted by Crippen LogP contribution is 2.31. The van der Waals surface area contributed by atoms with Crippen LogP contribution in [0, 0.1) is 0 Å². The van der Waals surface area contributed by atoms with Gasteiger partial charge in [0.1, 0.15) is 11.5 Å². The molecule has 3 heteroatoms. The van der Waals surface area contributed by atoms with Crippen LogP contribution < -0.4 is 15.2 Å². The smallest absolute Gasteiger partial charge is 0.128 e. The summed E-state index contributed by atoms with van der Waals surface area (Å²) >= 11 is 0. The number of fused-ring (bicyclic) bond motifs is 1. The number of nitrogens with two attached hydrogens (primary N) is 1. The number of nitrogen functional groups attached to an aromatic ring is 1. The summed E-state index contributed by atoms with van der Waals surface area (Å²) in [4.78, 5) is 0. The van der Waals surface area contributed by atoms with Crippen LogP contribution >= 0.6 is 0 Å². The summed E-state index contributed by atoms with van der Waals surface area (Å²) in [5.41, 5.74) is 6.46. The molecular weight excluding hydrogens is 190 g/mol. The minimum Gasteiger partial charge on any atom is -0.497 e. The van der Waals surface area contributed by atoms with Gasteiger partial charge in [0.25, 0.3) is 0 Å². The number of methoxy groups -OCH3 is 2. The summed E-state index contributed by atoms with van der Waals surface area (Å²) in [6.07, 6.45) is 0. The van der Waals surface area contributed by atoms with E-state index in [0.29, 0.717) is 5.69 Å². The zero-order chi connectivity index (χ0) is 10.8. The van der Waals surface area contributed by atoms with Gasteiger partial charge in [0.05, 0.1) is 14.2 Å². The highest BCUT2D eigenvalue weighted by atomic mass is 16.5. The summed E-state index contributed by atoms with van der Waals surface area (Å²) in [7, 11) is 3.28. The van der Waals surface area contributed by atoms with Crippen LogP contribution in [0.2, 0.25) is 0 Å².